The number of Topliss-reactive ketones (excluding diaryl/α,β-unsaturated/α-hetero) is 1. The normalized spacial score (nSPS) is 14.9. The predicted octanol–water partition coefficient (Wildman–Crippen LogP) is 1.90. The highest BCUT2D eigenvalue weighted by Crippen LogP contribution is 2.18. The molecule has 1 aromatic heterocycles. The van der Waals surface area contributed by atoms with Crippen LogP contribution in [0.25, 0.3) is 0 Å². The molecule has 1 aromatic rings. The molecule has 1 saturated carbocycles. The minimum Gasteiger partial charge on any atom is -0.314 e. The molecule has 3 heteroatoms. The Morgan fingerprint density at radius 3 is 2.88 bits per heavy atom. The van der Waals surface area contributed by atoms with Gasteiger partial charge in [0.25, 0.3) is 0 Å². The van der Waals surface area contributed by atoms with Crippen molar-refractivity contribution >= 4 is 5.78 Å². The van der Waals surface area contributed by atoms with Crippen molar-refractivity contribution in [3.05, 3.63) is 29.6 Å². The van der Waals surface area contributed by atoms with Crippen LogP contribution in [0.5, 0.6) is 0 Å². The first-order chi connectivity index (χ1) is 8.28. The molecule has 0 aromatic carbocycles. The molecule has 1 N–H and O–H groups in total. The third-order valence-electron chi connectivity index (χ3n) is 3.09. The van der Waals surface area contributed by atoms with Crippen LogP contribution >= 0.6 is 0 Å². The van der Waals surface area contributed by atoms with E-state index >= 15 is 0 Å². The van der Waals surface area contributed by atoms with Crippen LogP contribution in [0.2, 0.25) is 0 Å². The van der Waals surface area contributed by atoms with Crippen molar-refractivity contribution in [3.63, 3.8) is 0 Å². The van der Waals surface area contributed by atoms with Crippen molar-refractivity contribution in [2.75, 3.05) is 6.54 Å². The number of nitrogens with zero attached hydrogens (tertiary/aromatic N) is 1. The third kappa shape index (κ3) is 4.27. The molecule has 1 heterocycles. The number of aryl methyl sites for hydroxylation is 1. The maximum atomic E-state index is 11.7. The molecule has 0 aliphatic heterocycles. The fraction of sp³-hybridized carbons (Fsp3) is 0.571. The van der Waals surface area contributed by atoms with Crippen molar-refractivity contribution in [2.24, 2.45) is 0 Å². The number of rotatable bonds is 7. The number of nitrogens with one attached hydrogen (secondary N) is 1. The van der Waals surface area contributed by atoms with Gasteiger partial charge in [-0.15, -0.1) is 0 Å². The number of ketones is 1. The Morgan fingerprint density at radius 2 is 2.29 bits per heavy atom. The minimum atomic E-state index is 0.273. The number of aromatic nitrogens is 1. The van der Waals surface area contributed by atoms with Gasteiger partial charge in [0.15, 0.2) is 0 Å². The molecule has 0 saturated heterocycles. The Bertz CT molecular complexity index is 368. The van der Waals surface area contributed by atoms with Crippen molar-refractivity contribution < 1.29 is 4.79 Å². The Hall–Kier alpha value is -1.22. The molecule has 1 fully saturated rings. The summed E-state index contributed by atoms with van der Waals surface area (Å²) in [5.74, 6) is 0.273. The molecule has 0 amide bonds. The summed E-state index contributed by atoms with van der Waals surface area (Å²) in [5, 5.41) is 3.35. The Morgan fingerprint density at radius 1 is 1.47 bits per heavy atom. The topological polar surface area (TPSA) is 42.0 Å². The Kier molecular flexibility index (Phi) is 4.26. The van der Waals surface area contributed by atoms with Crippen molar-refractivity contribution in [2.45, 2.75) is 45.1 Å². The zero-order chi connectivity index (χ0) is 12.1. The van der Waals surface area contributed by atoms with Crippen LogP contribution in [0.3, 0.4) is 0 Å². The first kappa shape index (κ1) is 12.2. The van der Waals surface area contributed by atoms with Gasteiger partial charge in [-0.2, -0.15) is 0 Å². The molecule has 0 radical (unpaired) electrons. The first-order valence-corrected chi connectivity index (χ1v) is 6.47. The molecule has 92 valence electrons. The smallest absolute Gasteiger partial charge is 0.140 e. The van der Waals surface area contributed by atoms with Gasteiger partial charge in [-0.3, -0.25) is 9.78 Å². The molecule has 0 bridgehead atoms. The second-order valence-corrected chi connectivity index (χ2v) is 4.71. The van der Waals surface area contributed by atoms with E-state index < -0.39 is 0 Å². The minimum absolute atomic E-state index is 0.273. The van der Waals surface area contributed by atoms with E-state index in [1.165, 1.54) is 18.4 Å². The van der Waals surface area contributed by atoms with E-state index in [1.54, 1.807) is 0 Å². The molecule has 3 nitrogen and oxygen atoms in total. The van der Waals surface area contributed by atoms with Crippen molar-refractivity contribution in [3.8, 4) is 0 Å². The molecule has 0 spiro atoms. The van der Waals surface area contributed by atoms with E-state index in [0.717, 1.165) is 18.7 Å². The molecule has 0 atom stereocenters. The van der Waals surface area contributed by atoms with Crippen LogP contribution in [0.15, 0.2) is 18.3 Å². The molecular formula is C14H20N2O. The van der Waals surface area contributed by atoms with Gasteiger partial charge in [0.1, 0.15) is 5.78 Å². The molecule has 2 rings (SSSR count). The van der Waals surface area contributed by atoms with E-state index in [1.807, 2.05) is 12.3 Å². The lowest BCUT2D eigenvalue weighted by Gasteiger charge is -2.03. The van der Waals surface area contributed by atoms with Gasteiger partial charge >= 0.3 is 0 Å². The lowest BCUT2D eigenvalue weighted by Crippen LogP contribution is -2.21. The maximum absolute atomic E-state index is 11.7. The first-order valence-electron chi connectivity index (χ1n) is 6.47. The Balaban J connectivity index is 1.72. The van der Waals surface area contributed by atoms with E-state index in [-0.39, 0.29) is 5.78 Å². The van der Waals surface area contributed by atoms with Crippen LogP contribution in [0.1, 0.15) is 37.4 Å². The SMILES string of the molecule is CCc1ccc(CC(=O)CCNC2CC2)nc1. The highest BCUT2D eigenvalue weighted by atomic mass is 16.1. The third-order valence-corrected chi connectivity index (χ3v) is 3.09. The molecule has 17 heavy (non-hydrogen) atoms. The second-order valence-electron chi connectivity index (χ2n) is 4.71. The number of carbonyl (C=O) groups is 1. The quantitative estimate of drug-likeness (QED) is 0.780. The van der Waals surface area contributed by atoms with Gasteiger partial charge in [-0.25, -0.2) is 0 Å². The number of pyridine rings is 1. The summed E-state index contributed by atoms with van der Waals surface area (Å²) in [6.45, 7) is 2.92. The fourth-order valence-electron chi connectivity index (χ4n) is 1.76. The zero-order valence-corrected chi connectivity index (χ0v) is 10.4. The standard InChI is InChI=1S/C14H20N2O/c1-2-11-3-4-13(16-10-11)9-14(17)7-8-15-12-5-6-12/h3-4,10,12,15H,2,5-9H2,1H3. The number of hydrogen-bond donors (Lipinski definition) is 1. The number of hydrogen-bond acceptors (Lipinski definition) is 3. The van der Waals surface area contributed by atoms with Gasteiger partial charge in [0.05, 0.1) is 0 Å². The summed E-state index contributed by atoms with van der Waals surface area (Å²) >= 11 is 0. The summed E-state index contributed by atoms with van der Waals surface area (Å²) < 4.78 is 0. The highest BCUT2D eigenvalue weighted by Gasteiger charge is 2.20. The van der Waals surface area contributed by atoms with Crippen LogP contribution in [0, 0.1) is 0 Å². The maximum Gasteiger partial charge on any atom is 0.140 e. The lowest BCUT2D eigenvalue weighted by atomic mass is 10.1. The van der Waals surface area contributed by atoms with Crippen molar-refractivity contribution in [1.82, 2.24) is 10.3 Å². The monoisotopic (exact) mass is 232 g/mol. The summed E-state index contributed by atoms with van der Waals surface area (Å²) in [6.07, 6.45) is 6.49. The zero-order valence-electron chi connectivity index (χ0n) is 10.4. The van der Waals surface area contributed by atoms with Gasteiger partial charge < -0.3 is 5.32 Å². The Labute approximate surface area is 103 Å². The van der Waals surface area contributed by atoms with Gasteiger partial charge in [0, 0.05) is 37.3 Å². The van der Waals surface area contributed by atoms with E-state index in [4.69, 9.17) is 0 Å². The largest absolute Gasteiger partial charge is 0.314 e. The fourth-order valence-corrected chi connectivity index (χ4v) is 1.76. The van der Waals surface area contributed by atoms with Crippen LogP contribution in [-0.2, 0) is 17.6 Å². The summed E-state index contributed by atoms with van der Waals surface area (Å²) in [6, 6.07) is 4.70. The molecule has 0 unspecified atom stereocenters. The molecular weight excluding hydrogens is 212 g/mol. The lowest BCUT2D eigenvalue weighted by molar-refractivity contribution is -0.118. The second kappa shape index (κ2) is 5.92. The highest BCUT2D eigenvalue weighted by molar-refractivity contribution is 5.80. The van der Waals surface area contributed by atoms with Crippen molar-refractivity contribution in [1.29, 1.82) is 0 Å². The molecule has 1 aliphatic rings. The van der Waals surface area contributed by atoms with E-state index in [9.17, 15) is 4.79 Å². The average Bonchev–Trinajstić information content (AvgIpc) is 3.14. The van der Waals surface area contributed by atoms with Crippen LogP contribution in [-0.4, -0.2) is 23.4 Å². The van der Waals surface area contributed by atoms with Gasteiger partial charge in [-0.1, -0.05) is 13.0 Å². The van der Waals surface area contributed by atoms with Crippen LogP contribution in [0.4, 0.5) is 0 Å². The molecule has 1 aliphatic carbocycles. The van der Waals surface area contributed by atoms with E-state index in [0.29, 0.717) is 18.9 Å². The van der Waals surface area contributed by atoms with Gasteiger partial charge in [-0.05, 0) is 30.9 Å². The predicted molar refractivity (Wildman–Crippen MR) is 68.0 cm³/mol. The van der Waals surface area contributed by atoms with E-state index in [2.05, 4.69) is 23.3 Å². The summed E-state index contributed by atoms with van der Waals surface area (Å²) in [5.41, 5.74) is 2.11. The van der Waals surface area contributed by atoms with Crippen LogP contribution < -0.4 is 5.32 Å². The number of carbonyl (C=O) groups excluding carboxylic acids is 1. The summed E-state index contributed by atoms with van der Waals surface area (Å²) in [7, 11) is 0. The van der Waals surface area contributed by atoms with Gasteiger partial charge in [0.2, 0.25) is 0 Å². The average molecular weight is 232 g/mol. The summed E-state index contributed by atoms with van der Waals surface area (Å²) in [4.78, 5) is 16.0.